The molecule has 0 saturated carbocycles. The monoisotopic (exact) mass is 253 g/mol. The number of nitrogens with two attached hydrogens (primary N) is 1. The van der Waals surface area contributed by atoms with Crippen molar-refractivity contribution in [1.29, 1.82) is 0 Å². The van der Waals surface area contributed by atoms with E-state index in [4.69, 9.17) is 10.5 Å². The molecule has 17 heavy (non-hydrogen) atoms. The highest BCUT2D eigenvalue weighted by Crippen LogP contribution is 2.17. The molecular weight excluding hydrogens is 237 g/mol. The SMILES string of the molecule is COCCSCc1ccc(F)cc1C#CCN. The molecule has 0 unspecified atom stereocenters. The Morgan fingerprint density at radius 1 is 1.47 bits per heavy atom. The quantitative estimate of drug-likeness (QED) is 0.644. The summed E-state index contributed by atoms with van der Waals surface area (Å²) >= 11 is 1.74. The van der Waals surface area contributed by atoms with Crippen LogP contribution in [0.25, 0.3) is 0 Å². The largest absolute Gasteiger partial charge is 0.384 e. The van der Waals surface area contributed by atoms with E-state index in [9.17, 15) is 4.39 Å². The number of hydrogen-bond donors (Lipinski definition) is 1. The van der Waals surface area contributed by atoms with Gasteiger partial charge in [-0.3, -0.25) is 0 Å². The lowest BCUT2D eigenvalue weighted by molar-refractivity contribution is 0.218. The van der Waals surface area contributed by atoms with E-state index in [2.05, 4.69) is 11.8 Å². The molecule has 0 aliphatic heterocycles. The third-order valence-corrected chi connectivity index (χ3v) is 3.06. The number of hydrogen-bond acceptors (Lipinski definition) is 3. The van der Waals surface area contributed by atoms with E-state index in [1.54, 1.807) is 24.9 Å². The third kappa shape index (κ3) is 5.22. The van der Waals surface area contributed by atoms with Crippen LogP contribution in [0.4, 0.5) is 4.39 Å². The van der Waals surface area contributed by atoms with Crippen LogP contribution in [0.15, 0.2) is 18.2 Å². The second kappa shape index (κ2) is 8.13. The number of methoxy groups -OCH3 is 1. The molecule has 0 heterocycles. The second-order valence-electron chi connectivity index (χ2n) is 3.35. The third-order valence-electron chi connectivity index (χ3n) is 2.09. The lowest BCUT2D eigenvalue weighted by Crippen LogP contribution is -1.96. The molecule has 1 aromatic carbocycles. The standard InChI is InChI=1S/C13H16FNOS/c1-16-7-8-17-10-12-4-5-13(14)9-11(12)3-2-6-15/h4-5,9H,6-8,10,15H2,1H3. The topological polar surface area (TPSA) is 35.2 Å². The van der Waals surface area contributed by atoms with E-state index in [0.29, 0.717) is 0 Å². The van der Waals surface area contributed by atoms with Crippen molar-refractivity contribution in [3.05, 3.63) is 35.1 Å². The van der Waals surface area contributed by atoms with E-state index >= 15 is 0 Å². The van der Waals surface area contributed by atoms with Gasteiger partial charge in [-0.25, -0.2) is 4.39 Å². The molecule has 0 amide bonds. The summed E-state index contributed by atoms with van der Waals surface area (Å²) in [6, 6.07) is 4.68. The first-order valence-corrected chi connectivity index (χ1v) is 6.47. The molecule has 0 saturated heterocycles. The summed E-state index contributed by atoms with van der Waals surface area (Å²) in [6.07, 6.45) is 0. The van der Waals surface area contributed by atoms with Crippen LogP contribution in [-0.2, 0) is 10.5 Å². The minimum absolute atomic E-state index is 0.267. The molecule has 0 bridgehead atoms. The molecule has 0 aromatic heterocycles. The zero-order chi connectivity index (χ0) is 12.5. The maximum atomic E-state index is 13.1. The summed E-state index contributed by atoms with van der Waals surface area (Å²) in [5.41, 5.74) is 7.07. The lowest BCUT2D eigenvalue weighted by atomic mass is 10.1. The first kappa shape index (κ1) is 14.0. The van der Waals surface area contributed by atoms with Crippen molar-refractivity contribution in [1.82, 2.24) is 0 Å². The Balaban J connectivity index is 2.69. The highest BCUT2D eigenvalue weighted by molar-refractivity contribution is 7.98. The molecular formula is C13H16FNOS. The molecule has 1 rings (SSSR count). The van der Waals surface area contributed by atoms with Crippen molar-refractivity contribution < 1.29 is 9.13 Å². The number of benzene rings is 1. The average Bonchev–Trinajstić information content (AvgIpc) is 2.34. The summed E-state index contributed by atoms with van der Waals surface area (Å²) in [5.74, 6) is 7.10. The zero-order valence-corrected chi connectivity index (χ0v) is 10.6. The Labute approximate surface area is 106 Å². The molecule has 0 spiro atoms. The molecule has 2 N–H and O–H groups in total. The predicted octanol–water partition coefficient (Wildman–Crippen LogP) is 2.02. The van der Waals surface area contributed by atoms with Gasteiger partial charge in [-0.2, -0.15) is 11.8 Å². The van der Waals surface area contributed by atoms with Gasteiger partial charge in [0.15, 0.2) is 0 Å². The Morgan fingerprint density at radius 3 is 3.00 bits per heavy atom. The number of halogens is 1. The van der Waals surface area contributed by atoms with Crippen LogP contribution < -0.4 is 5.73 Å². The molecule has 2 nitrogen and oxygen atoms in total. The van der Waals surface area contributed by atoms with Crippen LogP contribution in [0.1, 0.15) is 11.1 Å². The van der Waals surface area contributed by atoms with Gasteiger partial charge in [0.1, 0.15) is 5.82 Å². The van der Waals surface area contributed by atoms with Gasteiger partial charge in [-0.05, 0) is 17.7 Å². The minimum atomic E-state index is -0.267. The fourth-order valence-electron chi connectivity index (χ4n) is 1.26. The first-order valence-electron chi connectivity index (χ1n) is 5.32. The maximum Gasteiger partial charge on any atom is 0.124 e. The van der Waals surface area contributed by atoms with Gasteiger partial charge in [-0.1, -0.05) is 17.9 Å². The molecule has 4 heteroatoms. The van der Waals surface area contributed by atoms with Crippen molar-refractivity contribution in [2.75, 3.05) is 26.0 Å². The van der Waals surface area contributed by atoms with Crippen molar-refractivity contribution in [3.63, 3.8) is 0 Å². The maximum absolute atomic E-state index is 13.1. The summed E-state index contributed by atoms with van der Waals surface area (Å²) in [7, 11) is 1.68. The summed E-state index contributed by atoms with van der Waals surface area (Å²) in [5, 5.41) is 0. The Morgan fingerprint density at radius 2 is 2.29 bits per heavy atom. The van der Waals surface area contributed by atoms with E-state index in [1.165, 1.54) is 12.1 Å². The molecule has 0 fully saturated rings. The number of thioether (sulfide) groups is 1. The van der Waals surface area contributed by atoms with Gasteiger partial charge in [0.25, 0.3) is 0 Å². The number of ether oxygens (including phenoxy) is 1. The van der Waals surface area contributed by atoms with Gasteiger partial charge in [0.05, 0.1) is 13.2 Å². The van der Waals surface area contributed by atoms with E-state index < -0.39 is 0 Å². The molecule has 0 atom stereocenters. The smallest absolute Gasteiger partial charge is 0.124 e. The van der Waals surface area contributed by atoms with Gasteiger partial charge in [-0.15, -0.1) is 0 Å². The van der Waals surface area contributed by atoms with Crippen molar-refractivity contribution >= 4 is 11.8 Å². The van der Waals surface area contributed by atoms with E-state index in [1.807, 2.05) is 0 Å². The molecule has 0 aliphatic rings. The minimum Gasteiger partial charge on any atom is -0.384 e. The molecule has 0 radical (unpaired) electrons. The second-order valence-corrected chi connectivity index (χ2v) is 4.46. The highest BCUT2D eigenvalue weighted by atomic mass is 32.2. The van der Waals surface area contributed by atoms with Crippen molar-refractivity contribution in [2.24, 2.45) is 5.73 Å². The van der Waals surface area contributed by atoms with Gasteiger partial charge in [0, 0.05) is 24.2 Å². The fraction of sp³-hybridized carbons (Fsp3) is 0.385. The van der Waals surface area contributed by atoms with Gasteiger partial charge in [0.2, 0.25) is 0 Å². The van der Waals surface area contributed by atoms with Crippen LogP contribution >= 0.6 is 11.8 Å². The molecule has 92 valence electrons. The lowest BCUT2D eigenvalue weighted by Gasteiger charge is -2.04. The highest BCUT2D eigenvalue weighted by Gasteiger charge is 2.02. The summed E-state index contributed by atoms with van der Waals surface area (Å²) in [4.78, 5) is 0. The van der Waals surface area contributed by atoms with Gasteiger partial charge < -0.3 is 10.5 Å². The van der Waals surface area contributed by atoms with Crippen molar-refractivity contribution in [3.8, 4) is 11.8 Å². The molecule has 0 aliphatic carbocycles. The van der Waals surface area contributed by atoms with Crippen LogP contribution in [0.5, 0.6) is 0 Å². The average molecular weight is 253 g/mol. The summed E-state index contributed by atoms with van der Waals surface area (Å²) < 4.78 is 18.1. The Kier molecular flexibility index (Phi) is 6.71. The normalized spacial score (nSPS) is 9.82. The fourth-order valence-corrected chi connectivity index (χ4v) is 2.16. The first-order chi connectivity index (χ1) is 8.27. The van der Waals surface area contributed by atoms with E-state index in [0.717, 1.165) is 29.2 Å². The Bertz CT molecular complexity index is 412. The zero-order valence-electron chi connectivity index (χ0n) is 9.83. The molecule has 1 aromatic rings. The van der Waals surface area contributed by atoms with Crippen molar-refractivity contribution in [2.45, 2.75) is 5.75 Å². The van der Waals surface area contributed by atoms with Crippen LogP contribution in [-0.4, -0.2) is 26.0 Å². The Hall–Kier alpha value is -1.02. The van der Waals surface area contributed by atoms with Crippen LogP contribution in [0, 0.1) is 17.7 Å². The number of rotatable bonds is 5. The van der Waals surface area contributed by atoms with Crippen LogP contribution in [0.3, 0.4) is 0 Å². The summed E-state index contributed by atoms with van der Waals surface area (Å²) in [6.45, 7) is 1.00. The van der Waals surface area contributed by atoms with Crippen LogP contribution in [0.2, 0.25) is 0 Å². The van der Waals surface area contributed by atoms with E-state index in [-0.39, 0.29) is 12.4 Å². The predicted molar refractivity (Wildman–Crippen MR) is 70.4 cm³/mol. The van der Waals surface area contributed by atoms with Gasteiger partial charge >= 0.3 is 0 Å².